The number of amides is 9. The van der Waals surface area contributed by atoms with Crippen molar-refractivity contribution in [1.82, 2.24) is 53.2 Å². The van der Waals surface area contributed by atoms with Gasteiger partial charge in [-0.15, -0.1) is 0 Å². The number of carbonyl (C=O) groups is 9. The van der Waals surface area contributed by atoms with Crippen LogP contribution in [0, 0.1) is 0 Å². The maximum absolute atomic E-state index is 12.7. The molecule has 0 aromatic carbocycles. The SMILES string of the molecule is CNC(COCCC(=O)NCCCNC(=O)CCCCO[C@@H]1OC(CO)[C@H](O)C(O)[C@@H]1NC(C)=O)(COCCC(=O)NCCCNC(=O)CCCCO[C@@H]1OC(CO)[C@H](O)C(O)[C@@H]1NC(C)=O)COCCC(=O)NCCCNC(=O)CCCCO[C@@H]1OC2CO[C@@H]2C(O)[C@@H]1NC(C)=O. The third-order valence-electron chi connectivity index (χ3n) is 16.3. The number of hydrogen-bond donors (Lipinski definition) is 17. The highest BCUT2D eigenvalue weighted by atomic mass is 16.7. The van der Waals surface area contributed by atoms with Gasteiger partial charge in [-0.2, -0.15) is 0 Å². The molecule has 98 heavy (non-hydrogen) atoms. The summed E-state index contributed by atoms with van der Waals surface area (Å²) in [5, 5.41) is 98.5. The summed E-state index contributed by atoms with van der Waals surface area (Å²) in [4.78, 5) is 111. The molecule has 0 aromatic rings. The molecule has 4 rings (SSSR count). The van der Waals surface area contributed by atoms with Crippen molar-refractivity contribution in [1.29, 1.82) is 0 Å². The summed E-state index contributed by atoms with van der Waals surface area (Å²) in [7, 11) is 1.67. The number of likely N-dealkylation sites (N-methyl/N-ethyl adjacent to an activating group) is 1. The van der Waals surface area contributed by atoms with E-state index < -0.39 is 116 Å². The molecule has 4 fully saturated rings. The molecule has 36 nitrogen and oxygen atoms in total. The van der Waals surface area contributed by atoms with Crippen LogP contribution in [0.1, 0.15) is 117 Å². The average molecular weight is 1410 g/mol. The highest BCUT2D eigenvalue weighted by molar-refractivity contribution is 5.78. The molecular formula is C62H110N10O26. The van der Waals surface area contributed by atoms with Crippen LogP contribution in [-0.2, 0) is 90.5 Å². The molecule has 564 valence electrons. The van der Waals surface area contributed by atoms with Gasteiger partial charge in [-0.3, -0.25) is 43.2 Å². The van der Waals surface area contributed by atoms with Crippen LogP contribution in [0.3, 0.4) is 0 Å². The number of nitrogens with one attached hydrogen (secondary N) is 10. The molecule has 0 spiro atoms. The van der Waals surface area contributed by atoms with Gasteiger partial charge >= 0.3 is 0 Å². The molecule has 4 heterocycles. The van der Waals surface area contributed by atoms with Gasteiger partial charge in [-0.1, -0.05) is 0 Å². The number of hydrogen-bond acceptors (Lipinski definition) is 27. The number of ether oxygens (including phenoxy) is 10. The van der Waals surface area contributed by atoms with Crippen LogP contribution in [0.25, 0.3) is 0 Å². The van der Waals surface area contributed by atoms with E-state index in [4.69, 9.17) is 47.4 Å². The predicted octanol–water partition coefficient (Wildman–Crippen LogP) is -6.53. The summed E-state index contributed by atoms with van der Waals surface area (Å²) >= 11 is 0. The molecule has 4 aliphatic heterocycles. The van der Waals surface area contributed by atoms with E-state index in [-0.39, 0.29) is 159 Å². The largest absolute Gasteiger partial charge is 0.394 e. The van der Waals surface area contributed by atoms with E-state index in [0.29, 0.717) is 90.6 Å². The number of carbonyl (C=O) groups excluding carboxylic acids is 9. The molecule has 36 heteroatoms. The van der Waals surface area contributed by atoms with Gasteiger partial charge in [-0.05, 0) is 64.8 Å². The molecule has 0 saturated carbocycles. The van der Waals surface area contributed by atoms with Crippen molar-refractivity contribution in [2.75, 3.05) is 126 Å². The minimum atomic E-state index is -1.44. The van der Waals surface area contributed by atoms with Gasteiger partial charge in [0.25, 0.3) is 0 Å². The summed E-state index contributed by atoms with van der Waals surface area (Å²) in [6, 6.07) is -2.92. The number of aliphatic hydroxyl groups excluding tert-OH is 7. The molecule has 0 aromatic heterocycles. The van der Waals surface area contributed by atoms with E-state index in [1.54, 1.807) is 7.05 Å². The Bertz CT molecular complexity index is 2290. The Morgan fingerprint density at radius 1 is 0.398 bits per heavy atom. The first-order valence-electron chi connectivity index (χ1n) is 33.9. The van der Waals surface area contributed by atoms with Crippen molar-refractivity contribution in [2.45, 2.75) is 215 Å². The number of rotatable bonds is 51. The van der Waals surface area contributed by atoms with Crippen molar-refractivity contribution >= 4 is 53.2 Å². The first-order valence-corrected chi connectivity index (χ1v) is 33.9. The highest BCUT2D eigenvalue weighted by Crippen LogP contribution is 2.31. The van der Waals surface area contributed by atoms with Crippen LogP contribution in [0.5, 0.6) is 0 Å². The Kier molecular flexibility index (Phi) is 41.2. The number of unbranched alkanes of at least 4 members (excludes halogenated alkanes) is 3. The van der Waals surface area contributed by atoms with E-state index in [2.05, 4.69) is 53.2 Å². The lowest BCUT2D eigenvalue weighted by Gasteiger charge is -2.49. The zero-order valence-electron chi connectivity index (χ0n) is 56.9. The van der Waals surface area contributed by atoms with Crippen LogP contribution in [0.15, 0.2) is 0 Å². The van der Waals surface area contributed by atoms with Gasteiger partial charge in [0.1, 0.15) is 73.1 Å². The van der Waals surface area contributed by atoms with Crippen LogP contribution in [0.4, 0.5) is 0 Å². The zero-order valence-corrected chi connectivity index (χ0v) is 56.9. The smallest absolute Gasteiger partial charge is 0.222 e. The topological polar surface area (TPSA) is 508 Å². The van der Waals surface area contributed by atoms with E-state index in [1.807, 2.05) is 0 Å². The van der Waals surface area contributed by atoms with E-state index in [1.165, 1.54) is 20.8 Å². The van der Waals surface area contributed by atoms with Crippen molar-refractivity contribution in [3.63, 3.8) is 0 Å². The fourth-order valence-corrected chi connectivity index (χ4v) is 10.7. The van der Waals surface area contributed by atoms with Gasteiger partial charge in [-0.25, -0.2) is 0 Å². The van der Waals surface area contributed by atoms with Gasteiger partial charge in [0.2, 0.25) is 53.2 Å². The Labute approximate surface area is 571 Å². The van der Waals surface area contributed by atoms with Gasteiger partial charge in [0, 0.05) is 118 Å². The lowest BCUT2D eigenvalue weighted by atomic mass is 9.93. The Balaban J connectivity index is 1.10. The second-order valence-electron chi connectivity index (χ2n) is 24.5. The summed E-state index contributed by atoms with van der Waals surface area (Å²) in [5.41, 5.74) is -0.984. The van der Waals surface area contributed by atoms with E-state index in [9.17, 15) is 78.9 Å². The van der Waals surface area contributed by atoms with Crippen molar-refractivity contribution in [2.24, 2.45) is 0 Å². The van der Waals surface area contributed by atoms with Crippen LogP contribution in [0.2, 0.25) is 0 Å². The Morgan fingerprint density at radius 3 is 0.990 bits per heavy atom. The van der Waals surface area contributed by atoms with Gasteiger partial charge in [0.05, 0.1) is 65.0 Å². The third kappa shape index (κ3) is 32.0. The normalized spacial score (nSPS) is 26.4. The highest BCUT2D eigenvalue weighted by Gasteiger charge is 2.52. The molecule has 0 radical (unpaired) electrons. The number of fused-ring (bicyclic) bond motifs is 1. The van der Waals surface area contributed by atoms with Crippen molar-refractivity contribution in [3.8, 4) is 0 Å². The monoisotopic (exact) mass is 1410 g/mol. The second-order valence-corrected chi connectivity index (χ2v) is 24.5. The fourth-order valence-electron chi connectivity index (χ4n) is 10.7. The standard InChI is InChI=1S/C62H110N10O26/c1-38(75)70-50-55(86)53(84)41(32-73)96-59(50)92-26-8-5-14-44(78)64-20-11-23-67-47(81)17-29-89-35-62(63-4,36-90-30-18-48(82)68-24-12-21-65-45(79)15-6-9-27-93-60-51(71-39(2)76)56(87)54(85)42(33-74)97-60)37-91-31-19-49(83)69-25-13-22-66-46(80)16-7-10-28-94-61-52(72-40(3)77)57(88)58-43(98-61)34-95-58/h41-43,50-61,63,73-74,84-88H,5-37H2,1-4H3,(H,64,78)(H,65,79)(H,66,80)(H,67,81)(H,68,82)(H,69,83)(H,70,75)(H,71,76)(H,72,77)/t41?,42?,43?,50-,51-,52-,53-,54-,55?,56?,57?,58-,59+,60+,61+,62?/m0/s1. The van der Waals surface area contributed by atoms with Crippen LogP contribution in [-0.4, -0.2) is 312 Å². The second kappa shape index (κ2) is 47.6. The van der Waals surface area contributed by atoms with Crippen molar-refractivity contribution in [3.05, 3.63) is 0 Å². The van der Waals surface area contributed by atoms with Crippen LogP contribution >= 0.6 is 0 Å². The Morgan fingerprint density at radius 2 is 0.704 bits per heavy atom. The fraction of sp³-hybridized carbons (Fsp3) is 0.855. The van der Waals surface area contributed by atoms with Crippen LogP contribution < -0.4 is 53.2 Å². The van der Waals surface area contributed by atoms with E-state index >= 15 is 0 Å². The quantitative estimate of drug-likeness (QED) is 0.0252. The average Bonchev–Trinajstić information content (AvgIpc) is 0.770. The third-order valence-corrected chi connectivity index (χ3v) is 16.3. The summed E-state index contributed by atoms with van der Waals surface area (Å²) in [6.45, 7) is 5.30. The molecule has 0 bridgehead atoms. The molecule has 4 aliphatic rings. The zero-order chi connectivity index (χ0) is 71.8. The first-order chi connectivity index (χ1) is 47.0. The lowest BCUT2D eigenvalue weighted by molar-refractivity contribution is -0.327. The van der Waals surface area contributed by atoms with E-state index in [0.717, 1.165) is 0 Å². The summed E-state index contributed by atoms with van der Waals surface area (Å²) in [6.07, 6.45) is -8.12. The molecule has 6 unspecified atom stereocenters. The van der Waals surface area contributed by atoms with Crippen molar-refractivity contribution < 1.29 is 126 Å². The summed E-state index contributed by atoms with van der Waals surface area (Å²) < 4.78 is 57.4. The molecule has 9 amide bonds. The predicted molar refractivity (Wildman–Crippen MR) is 342 cm³/mol. The molecule has 15 atom stereocenters. The van der Waals surface area contributed by atoms with Gasteiger partial charge in [0.15, 0.2) is 18.9 Å². The first kappa shape index (κ1) is 84.9. The molecule has 4 saturated heterocycles. The van der Waals surface area contributed by atoms with Gasteiger partial charge < -0.3 is 136 Å². The summed E-state index contributed by atoms with van der Waals surface area (Å²) in [5.74, 6) is -2.76. The molecule has 0 aliphatic carbocycles. The Hall–Kier alpha value is -5.49. The minimum Gasteiger partial charge on any atom is -0.394 e. The molecule has 17 N–H and O–H groups in total. The number of aliphatic hydroxyl groups is 7. The maximum Gasteiger partial charge on any atom is 0.222 e. The lowest BCUT2D eigenvalue weighted by Crippen LogP contribution is -2.69. The minimum absolute atomic E-state index is 0.00468. The molecular weight excluding hydrogens is 1300 g/mol. The maximum atomic E-state index is 12.7.